The molecule has 1 atom stereocenters. The van der Waals surface area contributed by atoms with Gasteiger partial charge in [-0.05, 0) is 19.0 Å². The first kappa shape index (κ1) is 19.2. The second kappa shape index (κ2) is 10.0. The molecule has 1 aromatic rings. The summed E-state index contributed by atoms with van der Waals surface area (Å²) in [5.41, 5.74) is 2.52. The SMILES string of the molecule is CON=C(C1=NOCCO1)c1ccccc1/C=N\OC(C)C(C)=NOC. The van der Waals surface area contributed by atoms with E-state index in [0.29, 0.717) is 30.2 Å². The van der Waals surface area contributed by atoms with Crippen LogP contribution in [0.2, 0.25) is 0 Å². The number of ether oxygens (including phenoxy) is 1. The minimum Gasteiger partial charge on any atom is -0.470 e. The summed E-state index contributed by atoms with van der Waals surface area (Å²) in [5, 5.41) is 15.8. The highest BCUT2D eigenvalue weighted by atomic mass is 16.7. The molecule has 0 N–H and O–H groups in total. The maximum absolute atomic E-state index is 5.51. The van der Waals surface area contributed by atoms with Crippen molar-refractivity contribution in [2.24, 2.45) is 20.6 Å². The highest BCUT2D eigenvalue weighted by Crippen LogP contribution is 2.12. The zero-order valence-corrected chi connectivity index (χ0v) is 15.2. The molecule has 1 aliphatic rings. The topological polar surface area (TPSA) is 95.6 Å². The van der Waals surface area contributed by atoms with E-state index < -0.39 is 0 Å². The van der Waals surface area contributed by atoms with Gasteiger partial charge in [0.2, 0.25) is 0 Å². The Bertz CT molecular complexity index is 715. The molecule has 0 saturated heterocycles. The maximum atomic E-state index is 5.51. The molecule has 9 heteroatoms. The van der Waals surface area contributed by atoms with E-state index in [0.717, 1.165) is 5.56 Å². The largest absolute Gasteiger partial charge is 0.470 e. The molecule has 0 fully saturated rings. The van der Waals surface area contributed by atoms with E-state index in [2.05, 4.69) is 20.6 Å². The van der Waals surface area contributed by atoms with Gasteiger partial charge in [-0.2, -0.15) is 0 Å². The molecular weight excluding hydrogens is 340 g/mol. The molecule has 140 valence electrons. The molecule has 26 heavy (non-hydrogen) atoms. The highest BCUT2D eigenvalue weighted by Gasteiger charge is 2.21. The van der Waals surface area contributed by atoms with Crippen LogP contribution in [-0.4, -0.2) is 57.1 Å². The third kappa shape index (κ3) is 5.20. The molecule has 0 radical (unpaired) electrons. The summed E-state index contributed by atoms with van der Waals surface area (Å²) >= 11 is 0. The Morgan fingerprint density at radius 1 is 1.19 bits per heavy atom. The smallest absolute Gasteiger partial charge is 0.280 e. The van der Waals surface area contributed by atoms with Crippen molar-refractivity contribution < 1.29 is 24.1 Å². The number of hydrogen-bond donors (Lipinski definition) is 0. The van der Waals surface area contributed by atoms with Crippen molar-refractivity contribution in [2.45, 2.75) is 20.0 Å². The van der Waals surface area contributed by atoms with Crippen LogP contribution in [0.3, 0.4) is 0 Å². The fraction of sp³-hybridized carbons (Fsp3) is 0.412. The lowest BCUT2D eigenvalue weighted by Gasteiger charge is -2.15. The Kier molecular flexibility index (Phi) is 7.41. The van der Waals surface area contributed by atoms with Crippen LogP contribution in [0.1, 0.15) is 25.0 Å². The molecule has 2 rings (SSSR count). The van der Waals surface area contributed by atoms with E-state index in [4.69, 9.17) is 24.1 Å². The van der Waals surface area contributed by atoms with Gasteiger partial charge in [0.15, 0.2) is 18.4 Å². The molecule has 1 aliphatic heterocycles. The molecule has 0 saturated carbocycles. The molecule has 1 unspecified atom stereocenters. The quantitative estimate of drug-likeness (QED) is 0.522. The van der Waals surface area contributed by atoms with E-state index in [9.17, 15) is 0 Å². The fourth-order valence-corrected chi connectivity index (χ4v) is 2.01. The van der Waals surface area contributed by atoms with E-state index in [-0.39, 0.29) is 12.0 Å². The standard InChI is InChI=1S/C17H22N4O5/c1-12(19-22-3)13(2)26-18-11-14-7-5-6-8-15(14)16(20-23-4)17-21-25-10-9-24-17/h5-8,11,13H,9-10H2,1-4H3/b18-11-,19-12?,20-16?. The molecule has 0 aromatic heterocycles. The summed E-state index contributed by atoms with van der Waals surface area (Å²) < 4.78 is 5.51. The van der Waals surface area contributed by atoms with Gasteiger partial charge in [0.05, 0.1) is 11.9 Å². The van der Waals surface area contributed by atoms with Crippen LogP contribution in [0.4, 0.5) is 0 Å². The van der Waals surface area contributed by atoms with E-state index in [1.54, 1.807) is 13.1 Å². The second-order valence-electron chi connectivity index (χ2n) is 5.19. The predicted molar refractivity (Wildman–Crippen MR) is 97.6 cm³/mol. The van der Waals surface area contributed by atoms with Gasteiger partial charge in [-0.1, -0.05) is 39.7 Å². The first-order valence-corrected chi connectivity index (χ1v) is 7.98. The van der Waals surface area contributed by atoms with Gasteiger partial charge in [-0.3, -0.25) is 0 Å². The van der Waals surface area contributed by atoms with Crippen LogP contribution in [0.25, 0.3) is 0 Å². The molecule has 9 nitrogen and oxygen atoms in total. The molecule has 1 aromatic carbocycles. The van der Waals surface area contributed by atoms with Crippen LogP contribution in [-0.2, 0) is 24.1 Å². The highest BCUT2D eigenvalue weighted by molar-refractivity contribution is 6.46. The van der Waals surface area contributed by atoms with Crippen LogP contribution < -0.4 is 0 Å². The summed E-state index contributed by atoms with van der Waals surface area (Å²) in [4.78, 5) is 20.1. The Hall–Kier alpha value is -3.10. The molecule has 0 amide bonds. The molecule has 0 spiro atoms. The normalized spacial score (nSPS) is 16.4. The lowest BCUT2D eigenvalue weighted by atomic mass is 10.0. The average Bonchev–Trinajstić information content (AvgIpc) is 2.67. The van der Waals surface area contributed by atoms with E-state index in [1.807, 2.05) is 31.2 Å². The van der Waals surface area contributed by atoms with Gasteiger partial charge in [0.1, 0.15) is 20.8 Å². The lowest BCUT2D eigenvalue weighted by Crippen LogP contribution is -2.26. The van der Waals surface area contributed by atoms with Gasteiger partial charge in [-0.15, -0.1) is 0 Å². The summed E-state index contributed by atoms with van der Waals surface area (Å²) in [6.45, 7) is 4.39. The van der Waals surface area contributed by atoms with Gasteiger partial charge in [0.25, 0.3) is 5.90 Å². The Labute approximate surface area is 151 Å². The summed E-state index contributed by atoms with van der Waals surface area (Å²) in [6, 6.07) is 7.44. The zero-order valence-electron chi connectivity index (χ0n) is 15.2. The Morgan fingerprint density at radius 3 is 2.65 bits per heavy atom. The number of oxime groups is 4. The third-order valence-electron chi connectivity index (χ3n) is 3.40. The minimum atomic E-state index is -0.329. The van der Waals surface area contributed by atoms with Crippen molar-refractivity contribution in [1.82, 2.24) is 0 Å². The third-order valence-corrected chi connectivity index (χ3v) is 3.40. The summed E-state index contributed by atoms with van der Waals surface area (Å²) in [5.74, 6) is 0.247. The summed E-state index contributed by atoms with van der Waals surface area (Å²) in [7, 11) is 2.93. The second-order valence-corrected chi connectivity index (χ2v) is 5.19. The van der Waals surface area contributed by atoms with Crippen LogP contribution >= 0.6 is 0 Å². The number of nitrogens with zero attached hydrogens (tertiary/aromatic N) is 4. The first-order chi connectivity index (χ1) is 12.7. The van der Waals surface area contributed by atoms with Crippen molar-refractivity contribution in [3.8, 4) is 0 Å². The molecule has 0 bridgehead atoms. The minimum absolute atomic E-state index is 0.247. The van der Waals surface area contributed by atoms with Crippen LogP contribution in [0, 0.1) is 0 Å². The molecule has 0 aliphatic carbocycles. The van der Waals surface area contributed by atoms with Crippen LogP contribution in [0.5, 0.6) is 0 Å². The first-order valence-electron chi connectivity index (χ1n) is 7.98. The van der Waals surface area contributed by atoms with Gasteiger partial charge in [0, 0.05) is 11.1 Å². The van der Waals surface area contributed by atoms with Crippen molar-refractivity contribution in [3.63, 3.8) is 0 Å². The lowest BCUT2D eigenvalue weighted by molar-refractivity contribution is 0.0672. The zero-order chi connectivity index (χ0) is 18.8. The molecule has 1 heterocycles. The van der Waals surface area contributed by atoms with Gasteiger partial charge < -0.3 is 24.1 Å². The molecular formula is C17H22N4O5. The number of hydrogen-bond acceptors (Lipinski definition) is 9. The average molecular weight is 362 g/mol. The predicted octanol–water partition coefficient (Wildman–Crippen LogP) is 2.16. The number of rotatable bonds is 8. The van der Waals surface area contributed by atoms with Crippen LogP contribution in [0.15, 0.2) is 44.9 Å². The van der Waals surface area contributed by atoms with Gasteiger partial charge >= 0.3 is 0 Å². The summed E-state index contributed by atoms with van der Waals surface area (Å²) in [6.07, 6.45) is 1.24. The van der Waals surface area contributed by atoms with Crippen molar-refractivity contribution >= 4 is 23.5 Å². The van der Waals surface area contributed by atoms with Crippen molar-refractivity contribution in [3.05, 3.63) is 35.4 Å². The van der Waals surface area contributed by atoms with Crippen molar-refractivity contribution in [2.75, 3.05) is 27.4 Å². The number of benzene rings is 1. The maximum Gasteiger partial charge on any atom is 0.280 e. The van der Waals surface area contributed by atoms with Gasteiger partial charge in [-0.25, -0.2) is 0 Å². The monoisotopic (exact) mass is 362 g/mol. The fourth-order valence-electron chi connectivity index (χ4n) is 2.01. The Balaban J connectivity index is 2.23. The van der Waals surface area contributed by atoms with E-state index in [1.165, 1.54) is 14.2 Å². The van der Waals surface area contributed by atoms with E-state index >= 15 is 0 Å². The van der Waals surface area contributed by atoms with Crippen molar-refractivity contribution in [1.29, 1.82) is 0 Å². The Morgan fingerprint density at radius 2 is 1.96 bits per heavy atom.